The van der Waals surface area contributed by atoms with Crippen molar-refractivity contribution < 1.29 is 9.47 Å². The maximum atomic E-state index is 5.94. The Labute approximate surface area is 149 Å². The molecule has 1 aromatic heterocycles. The Bertz CT molecular complexity index is 587. The number of ether oxygens (including phenoxy) is 2. The fourth-order valence-corrected chi connectivity index (χ4v) is 3.35. The lowest BCUT2D eigenvalue weighted by atomic mass is 9.99. The summed E-state index contributed by atoms with van der Waals surface area (Å²) in [5.41, 5.74) is 7.14. The molecule has 5 heteroatoms. The minimum absolute atomic E-state index is 0.246. The summed E-state index contributed by atoms with van der Waals surface area (Å²) in [6, 6.07) is 6.20. The molecule has 0 aliphatic carbocycles. The molecule has 0 aliphatic rings. The Hall–Kier alpha value is -1.59. The standard InChI is InChI=1S/C19H28N2O2S/c1-3-5-6-10-23-17-8-7-15(13-18(17)22-4-2)12-16(14-20)19-21-9-11-24-19/h7-9,11,13,16H,3-6,10,12,14,20H2,1-2H3. The summed E-state index contributed by atoms with van der Waals surface area (Å²) in [5.74, 6) is 1.90. The van der Waals surface area contributed by atoms with E-state index in [2.05, 4.69) is 24.0 Å². The first-order valence-electron chi connectivity index (χ1n) is 8.76. The van der Waals surface area contributed by atoms with Crippen LogP contribution in [0.3, 0.4) is 0 Å². The van der Waals surface area contributed by atoms with Crippen molar-refractivity contribution in [2.75, 3.05) is 19.8 Å². The molecule has 0 spiro atoms. The SMILES string of the molecule is CCCCCOc1ccc(CC(CN)c2nccs2)cc1OCC. The van der Waals surface area contributed by atoms with Gasteiger partial charge in [-0.05, 0) is 37.5 Å². The van der Waals surface area contributed by atoms with Crippen LogP contribution in [0.4, 0.5) is 0 Å². The predicted molar refractivity (Wildman–Crippen MR) is 100 cm³/mol. The van der Waals surface area contributed by atoms with Crippen LogP contribution in [-0.2, 0) is 6.42 Å². The lowest BCUT2D eigenvalue weighted by Crippen LogP contribution is -2.15. The Morgan fingerprint density at radius 1 is 1.17 bits per heavy atom. The summed E-state index contributed by atoms with van der Waals surface area (Å²) in [5, 5.41) is 3.09. The monoisotopic (exact) mass is 348 g/mol. The summed E-state index contributed by atoms with van der Waals surface area (Å²) in [4.78, 5) is 4.40. The van der Waals surface area contributed by atoms with E-state index in [0.717, 1.165) is 36.0 Å². The number of unbranched alkanes of at least 4 members (excludes halogenated alkanes) is 2. The smallest absolute Gasteiger partial charge is 0.161 e. The number of hydrogen-bond acceptors (Lipinski definition) is 5. The number of benzene rings is 1. The fraction of sp³-hybridized carbons (Fsp3) is 0.526. The van der Waals surface area contributed by atoms with Gasteiger partial charge in [0.2, 0.25) is 0 Å². The van der Waals surface area contributed by atoms with Crippen LogP contribution < -0.4 is 15.2 Å². The molecule has 1 atom stereocenters. The minimum atomic E-state index is 0.246. The Morgan fingerprint density at radius 2 is 2.04 bits per heavy atom. The van der Waals surface area contributed by atoms with Gasteiger partial charge in [-0.1, -0.05) is 25.8 Å². The number of thiazole rings is 1. The average Bonchev–Trinajstić information content (AvgIpc) is 3.12. The van der Waals surface area contributed by atoms with Crippen LogP contribution in [0.1, 0.15) is 49.6 Å². The molecule has 0 aliphatic heterocycles. The molecule has 0 radical (unpaired) electrons. The van der Waals surface area contributed by atoms with Gasteiger partial charge >= 0.3 is 0 Å². The third kappa shape index (κ3) is 5.49. The van der Waals surface area contributed by atoms with Gasteiger partial charge in [-0.3, -0.25) is 0 Å². The highest BCUT2D eigenvalue weighted by Crippen LogP contribution is 2.31. The van der Waals surface area contributed by atoms with Gasteiger partial charge in [-0.2, -0.15) is 0 Å². The van der Waals surface area contributed by atoms with Gasteiger partial charge in [0.1, 0.15) is 0 Å². The first kappa shape index (κ1) is 18.7. The van der Waals surface area contributed by atoms with E-state index in [1.165, 1.54) is 18.4 Å². The van der Waals surface area contributed by atoms with Gasteiger partial charge in [0.05, 0.1) is 18.2 Å². The van der Waals surface area contributed by atoms with E-state index < -0.39 is 0 Å². The van der Waals surface area contributed by atoms with Crippen LogP contribution in [0.2, 0.25) is 0 Å². The van der Waals surface area contributed by atoms with E-state index in [1.807, 2.05) is 24.6 Å². The number of nitrogens with zero attached hydrogens (tertiary/aromatic N) is 1. The molecule has 0 saturated heterocycles. The minimum Gasteiger partial charge on any atom is -0.490 e. The molecular formula is C19H28N2O2S. The second-order valence-corrected chi connectivity index (χ2v) is 6.70. The number of aromatic nitrogens is 1. The van der Waals surface area contributed by atoms with Crippen LogP contribution in [0.5, 0.6) is 11.5 Å². The molecule has 24 heavy (non-hydrogen) atoms. The largest absolute Gasteiger partial charge is 0.490 e. The van der Waals surface area contributed by atoms with Gasteiger partial charge in [0.25, 0.3) is 0 Å². The summed E-state index contributed by atoms with van der Waals surface area (Å²) in [6.07, 6.45) is 6.15. The average molecular weight is 349 g/mol. The Balaban J connectivity index is 2.06. The summed E-state index contributed by atoms with van der Waals surface area (Å²) in [6.45, 7) is 6.13. The molecule has 1 unspecified atom stereocenters. The van der Waals surface area contributed by atoms with Crippen molar-refractivity contribution in [2.24, 2.45) is 5.73 Å². The van der Waals surface area contributed by atoms with Crippen LogP contribution in [0.15, 0.2) is 29.8 Å². The number of rotatable bonds is 11. The van der Waals surface area contributed by atoms with Crippen LogP contribution in [0, 0.1) is 0 Å². The van der Waals surface area contributed by atoms with Crippen molar-refractivity contribution in [2.45, 2.75) is 45.4 Å². The molecule has 4 nitrogen and oxygen atoms in total. The van der Waals surface area contributed by atoms with Gasteiger partial charge < -0.3 is 15.2 Å². The zero-order valence-electron chi connectivity index (χ0n) is 14.7. The van der Waals surface area contributed by atoms with Gasteiger partial charge in [-0.15, -0.1) is 11.3 Å². The summed E-state index contributed by atoms with van der Waals surface area (Å²) >= 11 is 1.66. The topological polar surface area (TPSA) is 57.4 Å². The summed E-state index contributed by atoms with van der Waals surface area (Å²) in [7, 11) is 0. The Morgan fingerprint density at radius 3 is 2.71 bits per heavy atom. The molecule has 0 saturated carbocycles. The molecule has 0 bridgehead atoms. The van der Waals surface area contributed by atoms with Crippen LogP contribution in [-0.4, -0.2) is 24.7 Å². The van der Waals surface area contributed by atoms with E-state index in [9.17, 15) is 0 Å². The van der Waals surface area contributed by atoms with E-state index in [0.29, 0.717) is 13.2 Å². The molecule has 0 fully saturated rings. The lowest BCUT2D eigenvalue weighted by molar-refractivity contribution is 0.271. The number of hydrogen-bond donors (Lipinski definition) is 1. The molecular weight excluding hydrogens is 320 g/mol. The highest BCUT2D eigenvalue weighted by molar-refractivity contribution is 7.09. The maximum Gasteiger partial charge on any atom is 0.161 e. The second-order valence-electron chi connectivity index (χ2n) is 5.78. The molecule has 2 aromatic rings. The van der Waals surface area contributed by atoms with Gasteiger partial charge in [0, 0.05) is 24.0 Å². The first-order chi connectivity index (χ1) is 11.8. The van der Waals surface area contributed by atoms with Crippen LogP contribution in [0.25, 0.3) is 0 Å². The highest BCUT2D eigenvalue weighted by atomic mass is 32.1. The normalized spacial score (nSPS) is 12.1. The van der Waals surface area contributed by atoms with Crippen molar-refractivity contribution in [1.82, 2.24) is 4.98 Å². The van der Waals surface area contributed by atoms with E-state index >= 15 is 0 Å². The third-order valence-electron chi connectivity index (χ3n) is 3.88. The first-order valence-corrected chi connectivity index (χ1v) is 9.64. The zero-order valence-corrected chi connectivity index (χ0v) is 15.5. The molecule has 0 amide bonds. The highest BCUT2D eigenvalue weighted by Gasteiger charge is 2.15. The fourth-order valence-electron chi connectivity index (χ4n) is 2.59. The van der Waals surface area contributed by atoms with Crippen molar-refractivity contribution in [1.29, 1.82) is 0 Å². The maximum absolute atomic E-state index is 5.94. The van der Waals surface area contributed by atoms with E-state index in [1.54, 1.807) is 11.3 Å². The van der Waals surface area contributed by atoms with Gasteiger partial charge in [-0.25, -0.2) is 4.98 Å². The third-order valence-corrected chi connectivity index (χ3v) is 4.82. The lowest BCUT2D eigenvalue weighted by Gasteiger charge is -2.16. The molecule has 2 N–H and O–H groups in total. The van der Waals surface area contributed by atoms with Crippen molar-refractivity contribution in [3.8, 4) is 11.5 Å². The van der Waals surface area contributed by atoms with E-state index in [-0.39, 0.29) is 5.92 Å². The second kappa shape index (κ2) is 10.3. The zero-order chi connectivity index (χ0) is 17.2. The molecule has 2 rings (SSSR count). The van der Waals surface area contributed by atoms with E-state index in [4.69, 9.17) is 15.2 Å². The van der Waals surface area contributed by atoms with Crippen molar-refractivity contribution in [3.05, 3.63) is 40.3 Å². The quantitative estimate of drug-likeness (QED) is 0.612. The number of nitrogens with two attached hydrogens (primary N) is 1. The molecule has 132 valence electrons. The predicted octanol–water partition coefficient (Wildman–Crippen LogP) is 4.40. The van der Waals surface area contributed by atoms with Crippen molar-refractivity contribution >= 4 is 11.3 Å². The summed E-state index contributed by atoms with van der Waals surface area (Å²) < 4.78 is 11.7. The Kier molecular flexibility index (Phi) is 8.05. The van der Waals surface area contributed by atoms with Crippen molar-refractivity contribution in [3.63, 3.8) is 0 Å². The van der Waals surface area contributed by atoms with Gasteiger partial charge in [0.15, 0.2) is 11.5 Å². The molecule has 1 aromatic carbocycles. The molecule has 1 heterocycles. The van der Waals surface area contributed by atoms with Crippen LogP contribution >= 0.6 is 11.3 Å².